The van der Waals surface area contributed by atoms with E-state index in [1.54, 1.807) is 16.7 Å². The molecule has 248 valence electrons. The number of likely N-dealkylation sites (tertiary alicyclic amines) is 1. The molecule has 2 aliphatic rings. The summed E-state index contributed by atoms with van der Waals surface area (Å²) in [5.74, 6) is 0.0314. The summed E-state index contributed by atoms with van der Waals surface area (Å²) in [6, 6.07) is 46.6. The summed E-state index contributed by atoms with van der Waals surface area (Å²) in [6.07, 6.45) is -0.0201. The van der Waals surface area contributed by atoms with Gasteiger partial charge < -0.3 is 20.1 Å². The Morgan fingerprint density at radius 1 is 0.714 bits per heavy atom. The topological polar surface area (TPSA) is 78.9 Å². The Balaban J connectivity index is 1.17. The van der Waals surface area contributed by atoms with E-state index < -0.39 is 23.0 Å². The van der Waals surface area contributed by atoms with Gasteiger partial charge in [0.1, 0.15) is 12.6 Å². The number of nitrogens with zero attached hydrogens (tertiary/aromatic N) is 1. The molecule has 7 rings (SSSR count). The predicted molar refractivity (Wildman–Crippen MR) is 195 cm³/mol. The van der Waals surface area contributed by atoms with E-state index in [1.165, 1.54) is 0 Å². The average molecular weight is 669 g/mol. The first-order valence-corrected chi connectivity index (χ1v) is 17.9. The first kappa shape index (κ1) is 32.7. The largest absolute Gasteiger partial charge is 0.449 e. The molecule has 5 aromatic carbocycles. The van der Waals surface area contributed by atoms with Crippen LogP contribution in [0.1, 0.15) is 46.6 Å². The fourth-order valence-corrected chi connectivity index (χ4v) is 8.79. The van der Waals surface area contributed by atoms with Crippen LogP contribution in [0.25, 0.3) is 11.1 Å². The lowest BCUT2D eigenvalue weighted by Crippen LogP contribution is -2.53. The van der Waals surface area contributed by atoms with Crippen LogP contribution in [0.5, 0.6) is 0 Å². The molecule has 0 radical (unpaired) electrons. The number of piperidine rings is 1. The number of nitrogens with one attached hydrogen (secondary N) is 1. The predicted octanol–water partition coefficient (Wildman–Crippen LogP) is 7.60. The van der Waals surface area contributed by atoms with Gasteiger partial charge in [0, 0.05) is 24.8 Å². The van der Waals surface area contributed by atoms with Crippen molar-refractivity contribution in [2.75, 3.05) is 25.4 Å². The molecule has 0 spiro atoms. The number of amides is 2. The zero-order valence-corrected chi connectivity index (χ0v) is 28.1. The number of hydrogen-bond acceptors (Lipinski definition) is 5. The minimum atomic E-state index is -0.855. The van der Waals surface area contributed by atoms with Crippen molar-refractivity contribution < 1.29 is 19.4 Å². The maximum atomic E-state index is 14.2. The molecule has 1 atom stereocenters. The second kappa shape index (κ2) is 14.7. The lowest BCUT2D eigenvalue weighted by molar-refractivity contribution is -0.134. The number of hydrogen-bond donors (Lipinski definition) is 2. The Bertz CT molecular complexity index is 1740. The van der Waals surface area contributed by atoms with Crippen LogP contribution in [-0.2, 0) is 14.3 Å². The smallest absolute Gasteiger partial charge is 0.407 e. The van der Waals surface area contributed by atoms with Crippen LogP contribution in [0.4, 0.5) is 4.79 Å². The summed E-state index contributed by atoms with van der Waals surface area (Å²) >= 11 is 1.63. The number of carbonyl (C=O) groups is 2. The van der Waals surface area contributed by atoms with E-state index in [2.05, 4.69) is 66.0 Å². The van der Waals surface area contributed by atoms with Gasteiger partial charge in [-0.15, -0.1) is 11.8 Å². The number of benzene rings is 5. The highest BCUT2D eigenvalue weighted by molar-refractivity contribution is 8.00. The van der Waals surface area contributed by atoms with Crippen molar-refractivity contribution in [2.45, 2.75) is 35.7 Å². The third-order valence-corrected chi connectivity index (χ3v) is 11.4. The third-order valence-electron chi connectivity index (χ3n) is 9.72. The highest BCUT2D eigenvalue weighted by atomic mass is 32.2. The molecular formula is C42H40N2O4S. The molecule has 1 fully saturated rings. The molecule has 0 saturated carbocycles. The molecule has 0 aromatic heterocycles. The zero-order chi connectivity index (χ0) is 33.6. The van der Waals surface area contributed by atoms with Gasteiger partial charge in [0.05, 0.1) is 10.9 Å². The fourth-order valence-electron chi connectivity index (χ4n) is 7.24. The highest BCUT2D eigenvalue weighted by Crippen LogP contribution is 2.49. The normalized spacial score (nSPS) is 15.2. The second-order valence-electron chi connectivity index (χ2n) is 12.7. The first-order valence-electron chi connectivity index (χ1n) is 16.9. The number of alkyl carbamates (subject to hydrolysis) is 1. The van der Waals surface area contributed by atoms with E-state index in [4.69, 9.17) is 4.74 Å². The SMILES string of the molecule is O=C(N[C@@H](CSC(c1ccccc1)(c1ccccc1)c1ccccc1)C(=O)N1CCC(O)CC1)OCC1c2ccccc2-c2ccccc21. The van der Waals surface area contributed by atoms with Crippen LogP contribution >= 0.6 is 11.8 Å². The first-order chi connectivity index (χ1) is 24.0. The molecule has 1 aliphatic heterocycles. The zero-order valence-electron chi connectivity index (χ0n) is 27.3. The highest BCUT2D eigenvalue weighted by Gasteiger charge is 2.40. The minimum Gasteiger partial charge on any atom is -0.449 e. The van der Waals surface area contributed by atoms with Gasteiger partial charge in [0.2, 0.25) is 5.91 Å². The molecular weight excluding hydrogens is 629 g/mol. The molecule has 0 bridgehead atoms. The van der Waals surface area contributed by atoms with Gasteiger partial charge in [-0.1, -0.05) is 140 Å². The van der Waals surface area contributed by atoms with Crippen LogP contribution in [0, 0.1) is 0 Å². The fraction of sp³-hybridized carbons (Fsp3) is 0.238. The second-order valence-corrected chi connectivity index (χ2v) is 13.9. The number of carbonyl (C=O) groups excluding carboxylic acids is 2. The lowest BCUT2D eigenvalue weighted by atomic mass is 9.84. The summed E-state index contributed by atoms with van der Waals surface area (Å²) in [5, 5.41) is 13.2. The van der Waals surface area contributed by atoms with Crippen LogP contribution in [0.3, 0.4) is 0 Å². The molecule has 6 nitrogen and oxygen atoms in total. The standard InChI is InChI=1S/C42H40N2O4S/c45-33-24-26-44(27-25-33)40(46)39(43-41(47)48-28-38-36-22-12-10-20-34(36)35-21-11-13-23-37(35)38)29-49-42(30-14-4-1-5-15-30,31-16-6-2-7-17-31)32-18-8-3-9-19-32/h1-23,33,38-39,45H,24-29H2,(H,43,47)/t39-/m0/s1. The molecule has 1 aliphatic carbocycles. The Labute approximate surface area is 292 Å². The quantitative estimate of drug-likeness (QED) is 0.150. The summed E-state index contributed by atoms with van der Waals surface area (Å²) in [7, 11) is 0. The van der Waals surface area contributed by atoms with E-state index in [0.717, 1.165) is 38.9 Å². The minimum absolute atomic E-state index is 0.0906. The van der Waals surface area contributed by atoms with Crippen molar-refractivity contribution >= 4 is 23.8 Å². The van der Waals surface area contributed by atoms with Crippen LogP contribution < -0.4 is 5.32 Å². The summed E-state index contributed by atoms with van der Waals surface area (Å²) in [6.45, 7) is 1.04. The lowest BCUT2D eigenvalue weighted by Gasteiger charge is -2.37. The Morgan fingerprint density at radius 2 is 1.16 bits per heavy atom. The maximum Gasteiger partial charge on any atom is 0.407 e. The number of thioether (sulfide) groups is 1. The summed E-state index contributed by atoms with van der Waals surface area (Å²) in [5.41, 5.74) is 7.79. The molecule has 0 unspecified atom stereocenters. The van der Waals surface area contributed by atoms with Gasteiger partial charge in [-0.05, 0) is 51.8 Å². The van der Waals surface area contributed by atoms with Crippen molar-refractivity contribution in [1.82, 2.24) is 10.2 Å². The molecule has 1 heterocycles. The van der Waals surface area contributed by atoms with Crippen LogP contribution in [0.15, 0.2) is 140 Å². The van der Waals surface area contributed by atoms with E-state index in [0.29, 0.717) is 31.7 Å². The van der Waals surface area contributed by atoms with Gasteiger partial charge in [0.15, 0.2) is 0 Å². The van der Waals surface area contributed by atoms with Crippen LogP contribution in [0.2, 0.25) is 0 Å². The monoisotopic (exact) mass is 668 g/mol. The van der Waals surface area contributed by atoms with Crippen molar-refractivity contribution in [3.05, 3.63) is 167 Å². The van der Waals surface area contributed by atoms with E-state index in [-0.39, 0.29) is 18.4 Å². The molecule has 1 saturated heterocycles. The third kappa shape index (κ3) is 6.74. The van der Waals surface area contributed by atoms with Gasteiger partial charge in [-0.2, -0.15) is 0 Å². The van der Waals surface area contributed by atoms with Crippen molar-refractivity contribution in [2.24, 2.45) is 0 Å². The van der Waals surface area contributed by atoms with Gasteiger partial charge in [0.25, 0.3) is 0 Å². The maximum absolute atomic E-state index is 14.2. The Hall–Kier alpha value is -4.85. The molecule has 2 amide bonds. The van der Waals surface area contributed by atoms with Gasteiger partial charge >= 0.3 is 6.09 Å². The number of fused-ring (bicyclic) bond motifs is 3. The summed E-state index contributed by atoms with van der Waals surface area (Å²) in [4.78, 5) is 29.6. The van der Waals surface area contributed by atoms with E-state index >= 15 is 0 Å². The van der Waals surface area contributed by atoms with Gasteiger partial charge in [-0.3, -0.25) is 4.79 Å². The Morgan fingerprint density at radius 3 is 1.65 bits per heavy atom. The molecule has 2 N–H and O–H groups in total. The average Bonchev–Trinajstić information content (AvgIpc) is 3.48. The van der Waals surface area contributed by atoms with Crippen molar-refractivity contribution in [1.29, 1.82) is 0 Å². The van der Waals surface area contributed by atoms with Crippen LogP contribution in [-0.4, -0.2) is 59.6 Å². The Kier molecular flexibility index (Phi) is 9.82. The summed E-state index contributed by atoms with van der Waals surface area (Å²) < 4.78 is 5.28. The van der Waals surface area contributed by atoms with Gasteiger partial charge in [-0.25, -0.2) is 4.79 Å². The van der Waals surface area contributed by atoms with Crippen molar-refractivity contribution in [3.8, 4) is 11.1 Å². The molecule has 7 heteroatoms. The molecule has 5 aromatic rings. The number of rotatable bonds is 10. The van der Waals surface area contributed by atoms with Crippen molar-refractivity contribution in [3.63, 3.8) is 0 Å². The van der Waals surface area contributed by atoms with E-state index in [9.17, 15) is 14.7 Å². The number of aliphatic hydroxyl groups is 1. The number of aliphatic hydroxyl groups excluding tert-OH is 1. The molecule has 49 heavy (non-hydrogen) atoms. The number of ether oxygens (including phenoxy) is 1. The van der Waals surface area contributed by atoms with E-state index in [1.807, 2.05) is 78.9 Å².